The average molecular weight is 288 g/mol. The molecule has 2 rings (SSSR count). The van der Waals surface area contributed by atoms with Crippen molar-refractivity contribution in [1.29, 1.82) is 0 Å². The highest BCUT2D eigenvalue weighted by Crippen LogP contribution is 2.27. The average Bonchev–Trinajstić information content (AvgIpc) is 2.27. The molecule has 16 heavy (non-hydrogen) atoms. The lowest BCUT2D eigenvalue weighted by molar-refractivity contribution is 0.116. The Labute approximate surface area is 103 Å². The highest BCUT2D eigenvalue weighted by molar-refractivity contribution is 9.10. The van der Waals surface area contributed by atoms with Crippen molar-refractivity contribution in [3.05, 3.63) is 28.5 Å². The standard InChI is InChI=1S/C12H15BrFNO/c13-9-6-5-8(14)7-11(9)15-10-3-1-2-4-12(10)16/h5-7,10,12,15-16H,1-4H2. The van der Waals surface area contributed by atoms with Crippen molar-refractivity contribution >= 4 is 21.6 Å². The van der Waals surface area contributed by atoms with E-state index in [-0.39, 0.29) is 18.0 Å². The van der Waals surface area contributed by atoms with Crippen molar-refractivity contribution < 1.29 is 9.50 Å². The fourth-order valence-corrected chi connectivity index (χ4v) is 2.45. The summed E-state index contributed by atoms with van der Waals surface area (Å²) in [5.74, 6) is -0.268. The maximum absolute atomic E-state index is 13.1. The minimum Gasteiger partial charge on any atom is -0.391 e. The second kappa shape index (κ2) is 5.15. The van der Waals surface area contributed by atoms with Gasteiger partial charge < -0.3 is 10.4 Å². The molecule has 2 nitrogen and oxygen atoms in total. The Morgan fingerprint density at radius 2 is 2.06 bits per heavy atom. The van der Waals surface area contributed by atoms with E-state index in [0.29, 0.717) is 5.69 Å². The SMILES string of the molecule is OC1CCCCC1Nc1cc(F)ccc1Br. The maximum Gasteiger partial charge on any atom is 0.125 e. The van der Waals surface area contributed by atoms with Gasteiger partial charge in [-0.15, -0.1) is 0 Å². The number of benzene rings is 1. The minimum atomic E-state index is -0.330. The van der Waals surface area contributed by atoms with Crippen LogP contribution in [0.15, 0.2) is 22.7 Å². The van der Waals surface area contributed by atoms with Gasteiger partial charge in [0, 0.05) is 4.47 Å². The molecule has 0 heterocycles. The van der Waals surface area contributed by atoms with Crippen LogP contribution in [0.2, 0.25) is 0 Å². The Kier molecular flexibility index (Phi) is 3.82. The summed E-state index contributed by atoms with van der Waals surface area (Å²) in [7, 11) is 0. The lowest BCUT2D eigenvalue weighted by atomic mass is 9.92. The molecular weight excluding hydrogens is 273 g/mol. The zero-order valence-electron chi connectivity index (χ0n) is 8.92. The van der Waals surface area contributed by atoms with Crippen molar-refractivity contribution in [3.8, 4) is 0 Å². The van der Waals surface area contributed by atoms with Gasteiger partial charge in [0.15, 0.2) is 0 Å². The molecule has 1 saturated carbocycles. The molecule has 2 N–H and O–H groups in total. The summed E-state index contributed by atoms with van der Waals surface area (Å²) in [6.07, 6.45) is 3.61. The molecule has 0 bridgehead atoms. The van der Waals surface area contributed by atoms with Crippen molar-refractivity contribution in [2.75, 3.05) is 5.32 Å². The third-order valence-corrected chi connectivity index (χ3v) is 3.69. The molecule has 4 heteroatoms. The molecule has 2 atom stereocenters. The largest absolute Gasteiger partial charge is 0.391 e. The molecule has 0 saturated heterocycles. The van der Waals surface area contributed by atoms with Gasteiger partial charge in [-0.1, -0.05) is 12.8 Å². The third-order valence-electron chi connectivity index (χ3n) is 3.00. The predicted molar refractivity (Wildman–Crippen MR) is 66.0 cm³/mol. The summed E-state index contributed by atoms with van der Waals surface area (Å²) in [6.45, 7) is 0. The van der Waals surface area contributed by atoms with Crippen LogP contribution >= 0.6 is 15.9 Å². The molecular formula is C12H15BrFNO. The first-order valence-corrected chi connectivity index (χ1v) is 6.36. The number of hydrogen-bond donors (Lipinski definition) is 2. The first-order valence-electron chi connectivity index (χ1n) is 5.56. The van der Waals surface area contributed by atoms with E-state index in [4.69, 9.17) is 0 Å². The van der Waals surface area contributed by atoms with Crippen LogP contribution in [0.25, 0.3) is 0 Å². The lowest BCUT2D eigenvalue weighted by Gasteiger charge is -2.29. The van der Waals surface area contributed by atoms with Gasteiger partial charge in [0.25, 0.3) is 0 Å². The van der Waals surface area contributed by atoms with E-state index in [1.807, 2.05) is 0 Å². The third kappa shape index (κ3) is 2.74. The van der Waals surface area contributed by atoms with Gasteiger partial charge >= 0.3 is 0 Å². The van der Waals surface area contributed by atoms with E-state index in [0.717, 1.165) is 30.2 Å². The topological polar surface area (TPSA) is 32.3 Å². The first kappa shape index (κ1) is 11.9. The van der Waals surface area contributed by atoms with E-state index in [1.165, 1.54) is 12.1 Å². The fourth-order valence-electron chi connectivity index (χ4n) is 2.09. The summed E-state index contributed by atoms with van der Waals surface area (Å²) >= 11 is 3.37. The Morgan fingerprint density at radius 3 is 2.81 bits per heavy atom. The number of anilines is 1. The Bertz CT molecular complexity index is 372. The van der Waals surface area contributed by atoms with Crippen LogP contribution in [0.1, 0.15) is 25.7 Å². The van der Waals surface area contributed by atoms with Crippen LogP contribution in [-0.2, 0) is 0 Å². The Morgan fingerprint density at radius 1 is 1.31 bits per heavy atom. The molecule has 0 amide bonds. The quantitative estimate of drug-likeness (QED) is 0.875. The van der Waals surface area contributed by atoms with Gasteiger partial charge in [0.2, 0.25) is 0 Å². The highest BCUT2D eigenvalue weighted by Gasteiger charge is 2.23. The molecule has 0 radical (unpaired) electrons. The molecule has 88 valence electrons. The number of halogens is 2. The lowest BCUT2D eigenvalue weighted by Crippen LogP contribution is -2.36. The summed E-state index contributed by atoms with van der Waals surface area (Å²) < 4.78 is 13.9. The highest BCUT2D eigenvalue weighted by atomic mass is 79.9. The van der Waals surface area contributed by atoms with Crippen LogP contribution in [-0.4, -0.2) is 17.3 Å². The van der Waals surface area contributed by atoms with E-state index >= 15 is 0 Å². The zero-order valence-corrected chi connectivity index (χ0v) is 10.5. The van der Waals surface area contributed by atoms with Gasteiger partial charge in [0.05, 0.1) is 17.8 Å². The van der Waals surface area contributed by atoms with Crippen LogP contribution in [0.3, 0.4) is 0 Å². The predicted octanol–water partition coefficient (Wildman–Crippen LogP) is 3.30. The van der Waals surface area contributed by atoms with E-state index in [1.54, 1.807) is 6.07 Å². The molecule has 1 aliphatic carbocycles. The van der Waals surface area contributed by atoms with Gasteiger partial charge in [-0.05, 0) is 47.0 Å². The summed E-state index contributed by atoms with van der Waals surface area (Å²) in [5.41, 5.74) is 0.714. The molecule has 1 aromatic carbocycles. The van der Waals surface area contributed by atoms with Crippen LogP contribution in [0.5, 0.6) is 0 Å². The summed E-state index contributed by atoms with van der Waals surface area (Å²) in [6, 6.07) is 4.57. The maximum atomic E-state index is 13.1. The number of aliphatic hydroxyl groups excluding tert-OH is 1. The van der Waals surface area contributed by atoms with Crippen LogP contribution in [0.4, 0.5) is 10.1 Å². The molecule has 0 aliphatic heterocycles. The molecule has 0 spiro atoms. The first-order chi connectivity index (χ1) is 7.66. The second-order valence-corrected chi connectivity index (χ2v) is 5.08. The normalized spacial score (nSPS) is 25.4. The number of rotatable bonds is 2. The molecule has 2 unspecified atom stereocenters. The second-order valence-electron chi connectivity index (χ2n) is 4.23. The van der Waals surface area contributed by atoms with Crippen molar-refractivity contribution in [3.63, 3.8) is 0 Å². The van der Waals surface area contributed by atoms with Gasteiger partial charge in [0.1, 0.15) is 5.82 Å². The van der Waals surface area contributed by atoms with E-state index < -0.39 is 0 Å². The fraction of sp³-hybridized carbons (Fsp3) is 0.500. The van der Waals surface area contributed by atoms with Crippen molar-refractivity contribution in [1.82, 2.24) is 0 Å². The Hall–Kier alpha value is -0.610. The monoisotopic (exact) mass is 287 g/mol. The summed E-state index contributed by atoms with van der Waals surface area (Å²) in [4.78, 5) is 0. The molecule has 0 aromatic heterocycles. The van der Waals surface area contributed by atoms with E-state index in [9.17, 15) is 9.50 Å². The molecule has 1 aromatic rings. The van der Waals surface area contributed by atoms with Gasteiger partial charge in [-0.3, -0.25) is 0 Å². The minimum absolute atomic E-state index is 0.0341. The molecule has 1 aliphatic rings. The number of aliphatic hydroxyl groups is 1. The van der Waals surface area contributed by atoms with Gasteiger partial charge in [-0.2, -0.15) is 0 Å². The smallest absolute Gasteiger partial charge is 0.125 e. The summed E-state index contributed by atoms with van der Waals surface area (Å²) in [5, 5.41) is 13.0. The van der Waals surface area contributed by atoms with Crippen LogP contribution in [0, 0.1) is 5.82 Å². The van der Waals surface area contributed by atoms with Gasteiger partial charge in [-0.25, -0.2) is 4.39 Å². The van der Waals surface area contributed by atoms with Crippen molar-refractivity contribution in [2.45, 2.75) is 37.8 Å². The Balaban J connectivity index is 2.10. The number of nitrogens with one attached hydrogen (secondary N) is 1. The van der Waals surface area contributed by atoms with Crippen LogP contribution < -0.4 is 5.32 Å². The number of hydrogen-bond acceptors (Lipinski definition) is 2. The zero-order chi connectivity index (χ0) is 11.5. The van der Waals surface area contributed by atoms with Crippen molar-refractivity contribution in [2.24, 2.45) is 0 Å². The molecule has 1 fully saturated rings. The van der Waals surface area contributed by atoms with E-state index in [2.05, 4.69) is 21.2 Å².